The molecule has 118 valence electrons. The summed E-state index contributed by atoms with van der Waals surface area (Å²) in [7, 11) is 1.68. The van der Waals surface area contributed by atoms with Gasteiger partial charge in [-0.25, -0.2) is 0 Å². The molecule has 0 aromatic heterocycles. The third kappa shape index (κ3) is 8.11. The van der Waals surface area contributed by atoms with Gasteiger partial charge in [0.25, 0.3) is 0 Å². The maximum atomic E-state index is 5.09. The summed E-state index contributed by atoms with van der Waals surface area (Å²) in [6.07, 6.45) is 0. The summed E-state index contributed by atoms with van der Waals surface area (Å²) in [5.41, 5.74) is 1.95. The fourth-order valence-corrected chi connectivity index (χ4v) is 1.60. The largest absolute Gasteiger partial charge is 2.00 e. The molecular weight excluding hydrogens is 384 g/mol. The molecule has 0 saturated carbocycles. The van der Waals surface area contributed by atoms with Crippen LogP contribution in [0.1, 0.15) is 19.4 Å². The van der Waals surface area contributed by atoms with Crippen molar-refractivity contribution >= 4 is 47.1 Å². The topological polar surface area (TPSA) is 70.7 Å². The number of nitrogens with one attached hydrogen (secondary N) is 1. The van der Waals surface area contributed by atoms with Gasteiger partial charge in [-0.3, -0.25) is 0 Å². The van der Waals surface area contributed by atoms with Crippen molar-refractivity contribution in [3.63, 3.8) is 0 Å². The fourth-order valence-electron chi connectivity index (χ4n) is 1.40. The van der Waals surface area contributed by atoms with E-state index in [1.54, 1.807) is 14.0 Å². The monoisotopic (exact) mass is 399 g/mol. The summed E-state index contributed by atoms with van der Waals surface area (Å²) in [6, 6.07) is 9.50. The minimum absolute atomic E-state index is 0. The van der Waals surface area contributed by atoms with Gasteiger partial charge in [-0.05, 0) is 19.0 Å². The first-order valence-electron chi connectivity index (χ1n) is 6.56. The van der Waals surface area contributed by atoms with E-state index in [0.717, 1.165) is 5.56 Å². The molecule has 0 radical (unpaired) electrons. The maximum Gasteiger partial charge on any atom is 2.00 e. The van der Waals surface area contributed by atoms with E-state index in [2.05, 4.69) is 25.7 Å². The van der Waals surface area contributed by atoms with Gasteiger partial charge in [0.1, 0.15) is 5.71 Å². The molecule has 0 spiro atoms. The average molecular weight is 401 g/mol. The second-order valence-corrected chi connectivity index (χ2v) is 4.69. The van der Waals surface area contributed by atoms with Crippen LogP contribution in [-0.4, -0.2) is 35.5 Å². The van der Waals surface area contributed by atoms with E-state index in [0.29, 0.717) is 18.0 Å². The Hall–Kier alpha value is -1.44. The Balaban J connectivity index is 0.00000484. The van der Waals surface area contributed by atoms with Crippen LogP contribution in [0.3, 0.4) is 0 Å². The number of hydrogen-bond donors (Lipinski definition) is 1. The third-order valence-corrected chi connectivity index (χ3v) is 2.88. The average Bonchev–Trinajstić information content (AvgIpc) is 2.54. The number of hydrogen-bond acceptors (Lipinski definition) is 7. The van der Waals surface area contributed by atoms with Crippen molar-refractivity contribution in [2.45, 2.75) is 13.8 Å². The number of benzene rings is 1. The van der Waals surface area contributed by atoms with Crippen LogP contribution in [-0.2, 0) is 49.5 Å². The summed E-state index contributed by atoms with van der Waals surface area (Å²) in [4.78, 5) is 0. The van der Waals surface area contributed by atoms with E-state index >= 15 is 0 Å². The van der Waals surface area contributed by atoms with E-state index in [-0.39, 0.29) is 29.9 Å². The quantitative estimate of drug-likeness (QED) is 0.269. The van der Waals surface area contributed by atoms with Crippen LogP contribution in [0, 0.1) is 0 Å². The molecule has 1 aromatic rings. The Bertz CT molecular complexity index is 602. The Kier molecular flexibility index (Phi) is 11.3. The van der Waals surface area contributed by atoms with E-state index in [9.17, 15) is 0 Å². The van der Waals surface area contributed by atoms with Crippen LogP contribution in [0.5, 0.6) is 0 Å². The van der Waals surface area contributed by atoms with Gasteiger partial charge in [-0.1, -0.05) is 30.3 Å². The Morgan fingerprint density at radius 2 is 1.74 bits per heavy atom. The zero-order valence-electron chi connectivity index (χ0n) is 13.3. The molecule has 1 N–H and O–H groups in total. The molecule has 0 amide bonds. The van der Waals surface area contributed by atoms with E-state index < -0.39 is 0 Å². The molecule has 9 heteroatoms. The zero-order valence-corrected chi connectivity index (χ0v) is 17.9. The summed E-state index contributed by atoms with van der Waals surface area (Å²) < 4.78 is 5.09. The molecule has 0 unspecified atom stereocenters. The summed E-state index contributed by atoms with van der Waals surface area (Å²) in [5.74, 6) is 0. The van der Waals surface area contributed by atoms with Crippen molar-refractivity contribution in [2.75, 3.05) is 13.7 Å². The smallest absolute Gasteiger partial charge is 0.741 e. The van der Waals surface area contributed by atoms with E-state index in [1.165, 1.54) is 0 Å². The Morgan fingerprint density at radius 3 is 2.30 bits per heavy atom. The number of ether oxygens (including phenoxy) is 1. The normalized spacial score (nSPS) is 13.3. The predicted molar refractivity (Wildman–Crippen MR) is 96.4 cm³/mol. The number of rotatable bonds is 5. The van der Waals surface area contributed by atoms with Gasteiger partial charge in [-0.15, -0.1) is 10.2 Å². The summed E-state index contributed by atoms with van der Waals surface area (Å²) >= 11 is 9.87. The molecule has 1 rings (SSSR count). The van der Waals surface area contributed by atoms with Crippen molar-refractivity contribution in [2.24, 2.45) is 20.4 Å². The SMILES string of the molecule is CCOC([S-])=NN=C(C(C)=NN=C([S-])NC)c1ccccc1.[Zn+2]. The molecule has 1 aromatic carbocycles. The molecule has 0 heterocycles. The third-order valence-electron chi connectivity index (χ3n) is 2.39. The van der Waals surface area contributed by atoms with Crippen molar-refractivity contribution in [3.05, 3.63) is 35.9 Å². The van der Waals surface area contributed by atoms with Gasteiger partial charge in [-0.2, -0.15) is 10.2 Å². The Labute approximate surface area is 160 Å². The van der Waals surface area contributed by atoms with Crippen molar-refractivity contribution in [3.8, 4) is 0 Å². The summed E-state index contributed by atoms with van der Waals surface area (Å²) in [5, 5.41) is 19.0. The van der Waals surface area contributed by atoms with Crippen LogP contribution in [0.2, 0.25) is 0 Å². The number of nitrogens with zero attached hydrogens (tertiary/aromatic N) is 4. The van der Waals surface area contributed by atoms with Gasteiger partial charge in [0, 0.05) is 12.6 Å². The van der Waals surface area contributed by atoms with Crippen molar-refractivity contribution in [1.82, 2.24) is 5.32 Å². The first-order valence-corrected chi connectivity index (χ1v) is 7.38. The van der Waals surface area contributed by atoms with Gasteiger partial charge >= 0.3 is 19.5 Å². The predicted octanol–water partition coefficient (Wildman–Crippen LogP) is 1.83. The van der Waals surface area contributed by atoms with Crippen LogP contribution >= 0.6 is 0 Å². The molecule has 23 heavy (non-hydrogen) atoms. The molecule has 0 bridgehead atoms. The van der Waals surface area contributed by atoms with Gasteiger partial charge in [0.05, 0.1) is 17.5 Å². The molecular formula is C14H17N5OS2Zn. The van der Waals surface area contributed by atoms with Gasteiger partial charge in [0.2, 0.25) is 0 Å². The van der Waals surface area contributed by atoms with Gasteiger partial charge in [0.15, 0.2) is 0 Å². The molecule has 0 aliphatic rings. The molecule has 0 saturated heterocycles. The minimum atomic E-state index is 0. The maximum absolute atomic E-state index is 5.09. The molecule has 0 aliphatic heterocycles. The second kappa shape index (κ2) is 12.0. The summed E-state index contributed by atoms with van der Waals surface area (Å²) in [6.45, 7) is 4.04. The van der Waals surface area contributed by atoms with Crippen LogP contribution in [0.4, 0.5) is 0 Å². The standard InChI is InChI=1S/C14H19N5OS2.Zn/c1-4-20-14(22)19-17-12(11-8-6-5-7-9-11)10(2)16-18-13(21)15-3;/h5-9H,4H2,1-3H3,(H,19,22)(H2,15,18,21);/q;+2/p-2. The minimum Gasteiger partial charge on any atom is -0.741 e. The Morgan fingerprint density at radius 1 is 1.09 bits per heavy atom. The van der Waals surface area contributed by atoms with Crippen LogP contribution in [0.15, 0.2) is 50.7 Å². The molecule has 6 nitrogen and oxygen atoms in total. The molecule has 0 fully saturated rings. The van der Waals surface area contributed by atoms with Crippen molar-refractivity contribution in [1.29, 1.82) is 0 Å². The fraction of sp³-hybridized carbons (Fsp3) is 0.286. The van der Waals surface area contributed by atoms with Crippen molar-refractivity contribution < 1.29 is 24.2 Å². The van der Waals surface area contributed by atoms with E-state index in [1.807, 2.05) is 37.3 Å². The first kappa shape index (κ1) is 21.6. The first-order chi connectivity index (χ1) is 10.6. The second-order valence-electron chi connectivity index (χ2n) is 3.95. The van der Waals surface area contributed by atoms with Gasteiger partial charge < -0.3 is 35.3 Å². The number of amidine groups is 1. The molecule has 0 aliphatic carbocycles. The zero-order chi connectivity index (χ0) is 16.4. The van der Waals surface area contributed by atoms with Crippen LogP contribution < -0.4 is 5.32 Å². The molecule has 0 atom stereocenters. The van der Waals surface area contributed by atoms with E-state index in [4.69, 9.17) is 30.0 Å². The van der Waals surface area contributed by atoms with Crippen LogP contribution in [0.25, 0.3) is 0 Å².